The first-order chi connectivity index (χ1) is 7.72. The molecule has 1 aromatic carbocycles. The number of fused-ring (bicyclic) bond motifs is 2. The van der Waals surface area contributed by atoms with Gasteiger partial charge in [0, 0.05) is 30.9 Å². The van der Waals surface area contributed by atoms with Crippen molar-refractivity contribution in [1.29, 1.82) is 0 Å². The van der Waals surface area contributed by atoms with Gasteiger partial charge in [-0.25, -0.2) is 4.79 Å². The smallest absolute Gasteiger partial charge is 0.335 e. The third-order valence-electron chi connectivity index (χ3n) is 3.40. The van der Waals surface area contributed by atoms with Crippen LogP contribution in [0.2, 0.25) is 0 Å². The van der Waals surface area contributed by atoms with Gasteiger partial charge in [-0.15, -0.1) is 0 Å². The van der Waals surface area contributed by atoms with Crippen LogP contribution in [0, 0.1) is 0 Å². The zero-order valence-corrected chi connectivity index (χ0v) is 8.89. The van der Waals surface area contributed by atoms with Gasteiger partial charge in [0.15, 0.2) is 0 Å². The molecule has 2 atom stereocenters. The standard InChI is InChI=1S/C12H14N2O2/c15-12(16)8-1-3-11(4-2-8)14-6-9-5-10(7-14)13-9/h1-4,9-10,13H,5-7H2,(H,15,16). The Hall–Kier alpha value is -1.55. The molecule has 0 aliphatic carbocycles. The first-order valence-corrected chi connectivity index (χ1v) is 5.57. The lowest BCUT2D eigenvalue weighted by Gasteiger charge is -2.49. The molecule has 0 aromatic heterocycles. The van der Waals surface area contributed by atoms with Crippen molar-refractivity contribution in [2.24, 2.45) is 0 Å². The van der Waals surface area contributed by atoms with Crippen molar-refractivity contribution in [3.8, 4) is 0 Å². The van der Waals surface area contributed by atoms with Gasteiger partial charge in [-0.3, -0.25) is 0 Å². The molecule has 4 nitrogen and oxygen atoms in total. The summed E-state index contributed by atoms with van der Waals surface area (Å²) in [6, 6.07) is 8.38. The minimum absolute atomic E-state index is 0.351. The molecule has 3 aliphatic heterocycles. The van der Waals surface area contributed by atoms with Crippen LogP contribution < -0.4 is 10.2 Å². The number of hydrogen-bond acceptors (Lipinski definition) is 3. The quantitative estimate of drug-likeness (QED) is 0.775. The van der Waals surface area contributed by atoms with Crippen molar-refractivity contribution in [2.75, 3.05) is 18.0 Å². The monoisotopic (exact) mass is 218 g/mol. The fraction of sp³-hybridized carbons (Fsp3) is 0.417. The Kier molecular flexibility index (Phi) is 2.11. The average Bonchev–Trinajstić information content (AvgIpc) is 2.28. The number of hydrogen-bond donors (Lipinski definition) is 2. The summed E-state index contributed by atoms with van der Waals surface area (Å²) in [5, 5.41) is 12.3. The number of nitrogens with one attached hydrogen (secondary N) is 1. The van der Waals surface area contributed by atoms with Crippen LogP contribution in [-0.2, 0) is 0 Å². The second-order valence-electron chi connectivity index (χ2n) is 4.55. The van der Waals surface area contributed by atoms with E-state index in [1.807, 2.05) is 12.1 Å². The molecule has 3 heterocycles. The molecule has 3 saturated heterocycles. The van der Waals surface area contributed by atoms with Crippen LogP contribution >= 0.6 is 0 Å². The molecular weight excluding hydrogens is 204 g/mol. The summed E-state index contributed by atoms with van der Waals surface area (Å²) in [5.41, 5.74) is 1.48. The van der Waals surface area contributed by atoms with Gasteiger partial charge in [-0.05, 0) is 30.7 Å². The average molecular weight is 218 g/mol. The van der Waals surface area contributed by atoms with Gasteiger partial charge < -0.3 is 15.3 Å². The minimum atomic E-state index is -0.866. The number of benzene rings is 1. The summed E-state index contributed by atoms with van der Waals surface area (Å²) in [5.74, 6) is -0.866. The highest BCUT2D eigenvalue weighted by Gasteiger charge is 2.36. The third kappa shape index (κ3) is 1.55. The van der Waals surface area contributed by atoms with E-state index < -0.39 is 5.97 Å². The first-order valence-electron chi connectivity index (χ1n) is 5.57. The number of rotatable bonds is 2. The van der Waals surface area contributed by atoms with Crippen molar-refractivity contribution in [1.82, 2.24) is 5.32 Å². The summed E-state index contributed by atoms with van der Waals surface area (Å²) in [7, 11) is 0. The van der Waals surface area contributed by atoms with Gasteiger partial charge in [0.25, 0.3) is 0 Å². The molecule has 2 unspecified atom stereocenters. The molecule has 0 spiro atoms. The van der Waals surface area contributed by atoms with E-state index in [2.05, 4.69) is 10.2 Å². The molecule has 84 valence electrons. The number of piperidine rings is 1. The highest BCUT2D eigenvalue weighted by molar-refractivity contribution is 5.88. The molecule has 4 heteroatoms. The van der Waals surface area contributed by atoms with E-state index in [-0.39, 0.29) is 0 Å². The number of anilines is 1. The Morgan fingerprint density at radius 3 is 2.31 bits per heavy atom. The van der Waals surface area contributed by atoms with Crippen LogP contribution in [-0.4, -0.2) is 36.2 Å². The van der Waals surface area contributed by atoms with Crippen LogP contribution in [0.5, 0.6) is 0 Å². The molecule has 3 aliphatic rings. The van der Waals surface area contributed by atoms with E-state index in [1.165, 1.54) is 6.42 Å². The number of piperazine rings is 1. The summed E-state index contributed by atoms with van der Waals surface area (Å²) in [6.07, 6.45) is 1.28. The molecule has 3 fully saturated rings. The molecule has 16 heavy (non-hydrogen) atoms. The summed E-state index contributed by atoms with van der Waals surface area (Å²) in [6.45, 7) is 2.06. The van der Waals surface area contributed by atoms with Crippen LogP contribution in [0.25, 0.3) is 0 Å². The normalized spacial score (nSPS) is 27.4. The number of carboxylic acid groups (broad SMARTS) is 1. The highest BCUT2D eigenvalue weighted by Crippen LogP contribution is 2.26. The Bertz CT molecular complexity index is 400. The molecule has 4 rings (SSSR count). The summed E-state index contributed by atoms with van der Waals surface area (Å²) in [4.78, 5) is 13.0. The van der Waals surface area contributed by atoms with Gasteiger partial charge in [0.1, 0.15) is 0 Å². The van der Waals surface area contributed by atoms with Crippen LogP contribution in [0.3, 0.4) is 0 Å². The predicted octanol–water partition coefficient (Wildman–Crippen LogP) is 0.935. The van der Waals surface area contributed by atoms with E-state index in [1.54, 1.807) is 12.1 Å². The fourth-order valence-electron chi connectivity index (χ4n) is 2.54. The van der Waals surface area contributed by atoms with Crippen molar-refractivity contribution >= 4 is 11.7 Å². The van der Waals surface area contributed by atoms with E-state index in [0.717, 1.165) is 18.8 Å². The highest BCUT2D eigenvalue weighted by atomic mass is 16.4. The molecule has 0 saturated carbocycles. The third-order valence-corrected chi connectivity index (χ3v) is 3.40. The second kappa shape index (κ2) is 3.49. The zero-order valence-electron chi connectivity index (χ0n) is 8.89. The molecule has 0 amide bonds. The lowest BCUT2D eigenvalue weighted by atomic mass is 9.91. The van der Waals surface area contributed by atoms with Crippen LogP contribution in [0.4, 0.5) is 5.69 Å². The zero-order chi connectivity index (χ0) is 11.1. The van der Waals surface area contributed by atoms with Crippen molar-refractivity contribution < 1.29 is 9.90 Å². The molecule has 0 radical (unpaired) electrons. The van der Waals surface area contributed by atoms with Gasteiger partial charge in [0.05, 0.1) is 5.56 Å². The molecule has 1 aromatic rings. The number of carboxylic acids is 1. The molecule has 2 bridgehead atoms. The lowest BCUT2D eigenvalue weighted by Crippen LogP contribution is -2.67. The van der Waals surface area contributed by atoms with Gasteiger partial charge in [-0.1, -0.05) is 0 Å². The second-order valence-corrected chi connectivity index (χ2v) is 4.55. The SMILES string of the molecule is O=C(O)c1ccc(N2CC3CC(C2)N3)cc1. The first kappa shape index (κ1) is 9.66. The maximum absolute atomic E-state index is 10.7. The fourth-order valence-corrected chi connectivity index (χ4v) is 2.54. The molecule has 2 N–H and O–H groups in total. The van der Waals surface area contributed by atoms with Crippen molar-refractivity contribution in [3.63, 3.8) is 0 Å². The van der Waals surface area contributed by atoms with Crippen LogP contribution in [0.1, 0.15) is 16.8 Å². The van der Waals surface area contributed by atoms with Crippen molar-refractivity contribution in [2.45, 2.75) is 18.5 Å². The van der Waals surface area contributed by atoms with Gasteiger partial charge in [0.2, 0.25) is 0 Å². The van der Waals surface area contributed by atoms with Gasteiger partial charge >= 0.3 is 5.97 Å². The van der Waals surface area contributed by atoms with E-state index in [0.29, 0.717) is 17.6 Å². The van der Waals surface area contributed by atoms with Gasteiger partial charge in [-0.2, -0.15) is 0 Å². The van der Waals surface area contributed by atoms with E-state index >= 15 is 0 Å². The Morgan fingerprint density at radius 1 is 1.25 bits per heavy atom. The Morgan fingerprint density at radius 2 is 1.81 bits per heavy atom. The van der Waals surface area contributed by atoms with E-state index in [9.17, 15) is 4.79 Å². The Balaban J connectivity index is 1.77. The number of nitrogens with zero attached hydrogens (tertiary/aromatic N) is 1. The maximum atomic E-state index is 10.7. The number of carbonyl (C=O) groups is 1. The summed E-state index contributed by atoms with van der Waals surface area (Å²) < 4.78 is 0. The largest absolute Gasteiger partial charge is 0.478 e. The van der Waals surface area contributed by atoms with E-state index in [4.69, 9.17) is 5.11 Å². The van der Waals surface area contributed by atoms with Crippen LogP contribution in [0.15, 0.2) is 24.3 Å². The maximum Gasteiger partial charge on any atom is 0.335 e. The predicted molar refractivity (Wildman–Crippen MR) is 60.9 cm³/mol. The lowest BCUT2D eigenvalue weighted by molar-refractivity contribution is 0.0697. The number of aromatic carboxylic acids is 1. The Labute approximate surface area is 93.9 Å². The molecular formula is C12H14N2O2. The minimum Gasteiger partial charge on any atom is -0.478 e. The topological polar surface area (TPSA) is 52.6 Å². The summed E-state index contributed by atoms with van der Waals surface area (Å²) >= 11 is 0. The van der Waals surface area contributed by atoms with Crippen molar-refractivity contribution in [3.05, 3.63) is 29.8 Å².